The summed E-state index contributed by atoms with van der Waals surface area (Å²) in [7, 11) is 0. The van der Waals surface area contributed by atoms with Crippen molar-refractivity contribution in [2.24, 2.45) is 0 Å². The van der Waals surface area contributed by atoms with Crippen LogP contribution >= 0.6 is 11.6 Å². The second-order valence-electron chi connectivity index (χ2n) is 2.60. The van der Waals surface area contributed by atoms with Crippen molar-refractivity contribution in [2.75, 3.05) is 0 Å². The van der Waals surface area contributed by atoms with Crippen LogP contribution < -0.4 is 0 Å². The fourth-order valence-corrected chi connectivity index (χ4v) is 0.856. The first kappa shape index (κ1) is 14.2. The van der Waals surface area contributed by atoms with E-state index in [0.29, 0.717) is 10.6 Å². The molecule has 1 rings (SSSR count). The molecule has 1 aromatic rings. The van der Waals surface area contributed by atoms with Crippen molar-refractivity contribution in [3.8, 4) is 0 Å². The number of hydrogen-bond acceptors (Lipinski definition) is 3. The van der Waals surface area contributed by atoms with E-state index in [1.807, 2.05) is 0 Å². The monoisotopic (exact) mass is 242 g/mol. The van der Waals surface area contributed by atoms with E-state index in [2.05, 4.69) is 11.3 Å². The van der Waals surface area contributed by atoms with E-state index in [1.54, 1.807) is 24.3 Å². The van der Waals surface area contributed by atoms with Crippen LogP contribution in [-0.4, -0.2) is 17.0 Å². The zero-order valence-electron chi connectivity index (χ0n) is 8.64. The lowest BCUT2D eigenvalue weighted by atomic mass is 10.2. The molecule has 0 aliphatic carbocycles. The minimum absolute atomic E-state index is 0.429. The van der Waals surface area contributed by atoms with Crippen molar-refractivity contribution in [1.29, 1.82) is 0 Å². The number of rotatable bonds is 2. The molecule has 0 aliphatic rings. The van der Waals surface area contributed by atoms with E-state index < -0.39 is 11.9 Å². The predicted octanol–water partition coefficient (Wildman–Crippen LogP) is 2.73. The molecule has 0 heterocycles. The smallest absolute Gasteiger partial charge is 0.342 e. The van der Waals surface area contributed by atoms with Gasteiger partial charge in [-0.15, -0.1) is 0 Å². The molecule has 0 aliphatic heterocycles. The van der Waals surface area contributed by atoms with Crippen LogP contribution in [0, 0.1) is 0 Å². The van der Waals surface area contributed by atoms with Crippen LogP contribution in [0.4, 0.5) is 0 Å². The highest BCUT2D eigenvalue weighted by Crippen LogP contribution is 2.10. The molecular weight excluding hydrogens is 232 g/mol. The molecule has 0 bridgehead atoms. The van der Waals surface area contributed by atoms with Crippen LogP contribution in [0.1, 0.15) is 17.3 Å². The first-order valence-corrected chi connectivity index (χ1v) is 4.62. The van der Waals surface area contributed by atoms with Crippen molar-refractivity contribution >= 4 is 23.5 Å². The van der Waals surface area contributed by atoms with Crippen molar-refractivity contribution in [3.05, 3.63) is 47.7 Å². The van der Waals surface area contributed by atoms with Gasteiger partial charge in [0.05, 0.1) is 11.8 Å². The number of esters is 1. The molecule has 0 atom stereocenters. The molecule has 0 saturated carbocycles. The number of aliphatic carboxylic acids is 1. The number of carbonyl (C=O) groups is 2. The van der Waals surface area contributed by atoms with Crippen LogP contribution in [0.25, 0.3) is 0 Å². The molecule has 86 valence electrons. The summed E-state index contributed by atoms with van der Waals surface area (Å²) < 4.78 is 4.55. The lowest BCUT2D eigenvalue weighted by Gasteiger charge is -1.97. The molecule has 5 heteroatoms. The summed E-state index contributed by atoms with van der Waals surface area (Å²) in [5.74, 6) is -1.26. The number of carbonyl (C=O) groups excluding carboxylic acids is 1. The zero-order valence-corrected chi connectivity index (χ0v) is 9.40. The fourth-order valence-electron chi connectivity index (χ4n) is 0.730. The van der Waals surface area contributed by atoms with Gasteiger partial charge in [0.1, 0.15) is 0 Å². The number of carboxylic acid groups (broad SMARTS) is 1. The minimum atomic E-state index is -0.833. The average Bonchev–Trinajstić information content (AvgIpc) is 2.18. The zero-order chi connectivity index (χ0) is 12.6. The van der Waals surface area contributed by atoms with Crippen LogP contribution in [0.3, 0.4) is 0 Å². The van der Waals surface area contributed by atoms with Crippen LogP contribution in [0.2, 0.25) is 5.02 Å². The van der Waals surface area contributed by atoms with Gasteiger partial charge in [0.2, 0.25) is 0 Å². The van der Waals surface area contributed by atoms with Gasteiger partial charge in [-0.25, -0.2) is 4.79 Å². The third-order valence-electron chi connectivity index (χ3n) is 1.27. The molecule has 0 fully saturated rings. The van der Waals surface area contributed by atoms with E-state index in [4.69, 9.17) is 21.5 Å². The normalized spacial score (nSPS) is 8.38. The van der Waals surface area contributed by atoms with Crippen molar-refractivity contribution in [1.82, 2.24) is 0 Å². The molecule has 0 aromatic heterocycles. The molecule has 0 radical (unpaired) electrons. The molecule has 0 amide bonds. The van der Waals surface area contributed by atoms with Gasteiger partial charge in [-0.1, -0.05) is 18.2 Å². The second-order valence-corrected chi connectivity index (χ2v) is 3.03. The summed E-state index contributed by atoms with van der Waals surface area (Å²) >= 11 is 5.62. The number of ether oxygens (including phenoxy) is 1. The summed E-state index contributed by atoms with van der Waals surface area (Å²) in [5.41, 5.74) is 0.458. The molecule has 1 N–H and O–H groups in total. The van der Waals surface area contributed by atoms with Crippen LogP contribution in [0.5, 0.6) is 0 Å². The third kappa shape index (κ3) is 6.62. The summed E-state index contributed by atoms with van der Waals surface area (Å²) in [4.78, 5) is 20.0. The maximum absolute atomic E-state index is 11.0. The Morgan fingerprint density at radius 1 is 1.38 bits per heavy atom. The van der Waals surface area contributed by atoms with E-state index in [1.165, 1.54) is 0 Å². The molecule has 0 spiro atoms. The van der Waals surface area contributed by atoms with E-state index in [-0.39, 0.29) is 0 Å². The molecule has 16 heavy (non-hydrogen) atoms. The Kier molecular flexibility index (Phi) is 6.63. The first-order chi connectivity index (χ1) is 7.47. The fraction of sp³-hybridized carbons (Fsp3) is 0.0909. The number of hydrogen-bond donors (Lipinski definition) is 1. The van der Waals surface area contributed by atoms with Crippen LogP contribution in [-0.2, 0) is 9.53 Å². The van der Waals surface area contributed by atoms with Gasteiger partial charge in [0, 0.05) is 11.9 Å². The summed E-state index contributed by atoms with van der Waals surface area (Å²) in [6.45, 7) is 4.36. The lowest BCUT2D eigenvalue weighted by molar-refractivity contribution is -0.134. The van der Waals surface area contributed by atoms with Gasteiger partial charge < -0.3 is 9.84 Å². The Hall–Kier alpha value is -1.81. The maximum Gasteiger partial charge on any atom is 0.342 e. The van der Waals surface area contributed by atoms with Gasteiger partial charge in [0.15, 0.2) is 0 Å². The van der Waals surface area contributed by atoms with Gasteiger partial charge in [0.25, 0.3) is 5.97 Å². The number of halogens is 1. The highest BCUT2D eigenvalue weighted by molar-refractivity contribution is 6.30. The predicted molar refractivity (Wildman–Crippen MR) is 60.4 cm³/mol. The maximum atomic E-state index is 11.0. The van der Waals surface area contributed by atoms with Gasteiger partial charge in [-0.2, -0.15) is 0 Å². The molecule has 0 unspecified atom stereocenters. The third-order valence-corrected chi connectivity index (χ3v) is 1.52. The molecule has 1 aromatic carbocycles. The first-order valence-electron chi connectivity index (χ1n) is 4.24. The molecular formula is C11H11ClO4. The number of carboxylic acids is 1. The highest BCUT2D eigenvalue weighted by Gasteiger charge is 2.03. The van der Waals surface area contributed by atoms with Gasteiger partial charge >= 0.3 is 5.97 Å². The number of benzene rings is 1. The Labute approximate surface area is 98.1 Å². The van der Waals surface area contributed by atoms with E-state index in [9.17, 15) is 4.79 Å². The van der Waals surface area contributed by atoms with Crippen molar-refractivity contribution in [2.45, 2.75) is 6.92 Å². The standard InChI is InChI=1S/C9H7ClO2.C2H4O2/c1-2-12-9(11)7-3-5-8(10)6-4-7;1-2(3)4/h2-6H,1H2;1H3,(H,3,4). The average molecular weight is 243 g/mol. The Morgan fingerprint density at radius 3 is 2.19 bits per heavy atom. The SMILES string of the molecule is C=COC(=O)c1ccc(Cl)cc1.CC(=O)O. The summed E-state index contributed by atoms with van der Waals surface area (Å²) in [5, 5.41) is 8.00. The summed E-state index contributed by atoms with van der Waals surface area (Å²) in [6, 6.07) is 6.44. The Morgan fingerprint density at radius 2 is 1.81 bits per heavy atom. The Bertz CT molecular complexity index is 366. The minimum Gasteiger partial charge on any atom is -0.481 e. The van der Waals surface area contributed by atoms with E-state index in [0.717, 1.165) is 13.2 Å². The largest absolute Gasteiger partial charge is 0.481 e. The molecule has 4 nitrogen and oxygen atoms in total. The van der Waals surface area contributed by atoms with Gasteiger partial charge in [-0.3, -0.25) is 4.79 Å². The van der Waals surface area contributed by atoms with Crippen molar-refractivity contribution < 1.29 is 19.4 Å². The summed E-state index contributed by atoms with van der Waals surface area (Å²) in [6.07, 6.45) is 1.09. The van der Waals surface area contributed by atoms with E-state index >= 15 is 0 Å². The second kappa shape index (κ2) is 7.48. The Balaban J connectivity index is 0.000000487. The van der Waals surface area contributed by atoms with Crippen molar-refractivity contribution in [3.63, 3.8) is 0 Å². The molecule has 0 saturated heterocycles. The topological polar surface area (TPSA) is 63.6 Å². The highest BCUT2D eigenvalue weighted by atomic mass is 35.5. The van der Waals surface area contributed by atoms with Gasteiger partial charge in [-0.05, 0) is 24.3 Å². The quantitative estimate of drug-likeness (QED) is 0.640. The lowest BCUT2D eigenvalue weighted by Crippen LogP contribution is -1.99. The van der Waals surface area contributed by atoms with Crippen LogP contribution in [0.15, 0.2) is 37.1 Å².